The molecule has 5 rings (SSSR count). The molecule has 0 spiro atoms. The van der Waals surface area contributed by atoms with Gasteiger partial charge in [0.25, 0.3) is 5.56 Å². The van der Waals surface area contributed by atoms with E-state index in [4.69, 9.17) is 9.47 Å². The summed E-state index contributed by atoms with van der Waals surface area (Å²) >= 11 is 0. The minimum atomic E-state index is -0.243. The van der Waals surface area contributed by atoms with Gasteiger partial charge in [0.15, 0.2) is 0 Å². The number of ether oxygens (including phenoxy) is 2. The second kappa shape index (κ2) is 7.87. The minimum Gasteiger partial charge on any atom is -0.497 e. The second-order valence-corrected chi connectivity index (χ2v) is 7.71. The van der Waals surface area contributed by atoms with E-state index in [0.29, 0.717) is 30.6 Å². The highest BCUT2D eigenvalue weighted by Crippen LogP contribution is 2.38. The molecule has 0 bridgehead atoms. The number of methoxy groups -OCH3 is 1. The van der Waals surface area contributed by atoms with Crippen molar-refractivity contribution in [2.24, 2.45) is 0 Å². The molecule has 1 aliphatic heterocycles. The van der Waals surface area contributed by atoms with Crippen LogP contribution in [-0.2, 0) is 4.74 Å². The highest BCUT2D eigenvalue weighted by Gasteiger charge is 2.32. The van der Waals surface area contributed by atoms with E-state index in [1.54, 1.807) is 19.2 Å². The average Bonchev–Trinajstić information content (AvgIpc) is 3.54. The summed E-state index contributed by atoms with van der Waals surface area (Å²) in [6.07, 6.45) is 2.39. The Bertz CT molecular complexity index is 1090. The van der Waals surface area contributed by atoms with Crippen LogP contribution in [-0.4, -0.2) is 46.3 Å². The van der Waals surface area contributed by atoms with Crippen LogP contribution in [0.25, 0.3) is 11.3 Å². The third-order valence-electron chi connectivity index (χ3n) is 5.57. The summed E-state index contributed by atoms with van der Waals surface area (Å²) in [5, 5.41) is 16.6. The van der Waals surface area contributed by atoms with Gasteiger partial charge in [0.2, 0.25) is 0 Å². The van der Waals surface area contributed by atoms with Crippen LogP contribution in [0.2, 0.25) is 0 Å². The number of hydrogen-bond donors (Lipinski definition) is 1. The molecule has 2 aromatic heterocycles. The molecule has 1 N–H and O–H groups in total. The fraction of sp³-hybridized carbons (Fsp3) is 0.364. The molecule has 3 heterocycles. The maximum Gasteiger partial charge on any atom is 0.267 e. The van der Waals surface area contributed by atoms with Gasteiger partial charge in [-0.15, -0.1) is 5.10 Å². The molecule has 8 heteroatoms. The van der Waals surface area contributed by atoms with Crippen molar-refractivity contribution in [1.82, 2.24) is 20.0 Å². The average molecular weight is 405 g/mol. The molecule has 2 fully saturated rings. The monoisotopic (exact) mass is 405 g/mol. The number of hydrogen-bond acceptors (Lipinski definition) is 7. The zero-order valence-corrected chi connectivity index (χ0v) is 16.7. The smallest absolute Gasteiger partial charge is 0.267 e. The Kier molecular flexibility index (Phi) is 4.92. The normalized spacial score (nSPS) is 20.8. The van der Waals surface area contributed by atoms with Gasteiger partial charge in [0.1, 0.15) is 17.6 Å². The molecule has 154 valence electrons. The van der Waals surface area contributed by atoms with Crippen molar-refractivity contribution in [1.29, 1.82) is 0 Å². The Morgan fingerprint density at radius 1 is 1.10 bits per heavy atom. The van der Waals surface area contributed by atoms with Crippen LogP contribution in [0.5, 0.6) is 5.75 Å². The molecule has 30 heavy (non-hydrogen) atoms. The van der Waals surface area contributed by atoms with E-state index in [0.717, 1.165) is 17.0 Å². The van der Waals surface area contributed by atoms with Crippen molar-refractivity contribution in [3.8, 4) is 17.0 Å². The first-order chi connectivity index (χ1) is 14.7. The standard InChI is InChI=1S/C22H23N5O3/c1-29-16-4-2-3-15(11-16)18-8-10-22(28)27(26-18)20-13-30-12-19(20)23-21-9-7-17(24-25-21)14-5-6-14/h2-4,7-11,14,19-20H,5-6,12-13H2,1H3,(H,23,25). The maximum absolute atomic E-state index is 12.6. The Hall–Kier alpha value is -3.26. The van der Waals surface area contributed by atoms with Crippen molar-refractivity contribution in [3.05, 3.63) is 64.6 Å². The summed E-state index contributed by atoms with van der Waals surface area (Å²) in [5.41, 5.74) is 2.46. The van der Waals surface area contributed by atoms with Gasteiger partial charge in [-0.3, -0.25) is 4.79 Å². The second-order valence-electron chi connectivity index (χ2n) is 7.71. The number of benzene rings is 1. The SMILES string of the molecule is COc1cccc(-c2ccc(=O)n(C3COCC3Nc3ccc(C4CC4)nn3)n2)c1. The molecule has 0 amide bonds. The molecular formula is C22H23N5O3. The van der Waals surface area contributed by atoms with E-state index >= 15 is 0 Å². The van der Waals surface area contributed by atoms with Gasteiger partial charge in [-0.05, 0) is 43.2 Å². The van der Waals surface area contributed by atoms with Gasteiger partial charge in [0.05, 0.1) is 37.8 Å². The Balaban J connectivity index is 1.39. The van der Waals surface area contributed by atoms with E-state index in [-0.39, 0.29) is 17.6 Å². The van der Waals surface area contributed by atoms with Gasteiger partial charge in [-0.2, -0.15) is 10.2 Å². The summed E-state index contributed by atoms with van der Waals surface area (Å²) in [6, 6.07) is 14.5. The first-order valence-electron chi connectivity index (χ1n) is 10.1. The number of nitrogens with one attached hydrogen (secondary N) is 1. The van der Waals surface area contributed by atoms with Gasteiger partial charge in [-0.25, -0.2) is 4.68 Å². The van der Waals surface area contributed by atoms with Crippen molar-refractivity contribution in [3.63, 3.8) is 0 Å². The molecule has 3 aromatic rings. The number of aromatic nitrogens is 4. The lowest BCUT2D eigenvalue weighted by Gasteiger charge is -2.21. The molecule has 2 aliphatic rings. The fourth-order valence-electron chi connectivity index (χ4n) is 3.73. The van der Waals surface area contributed by atoms with E-state index < -0.39 is 0 Å². The first kappa shape index (κ1) is 18.7. The summed E-state index contributed by atoms with van der Waals surface area (Å²) in [5.74, 6) is 1.98. The zero-order valence-electron chi connectivity index (χ0n) is 16.7. The predicted octanol–water partition coefficient (Wildman–Crippen LogP) is 2.64. The summed E-state index contributed by atoms with van der Waals surface area (Å²) in [4.78, 5) is 12.6. The largest absolute Gasteiger partial charge is 0.497 e. The van der Waals surface area contributed by atoms with E-state index in [1.165, 1.54) is 17.5 Å². The topological polar surface area (TPSA) is 91.2 Å². The van der Waals surface area contributed by atoms with E-state index in [1.807, 2.05) is 36.4 Å². The van der Waals surface area contributed by atoms with Crippen LogP contribution in [0.15, 0.2) is 53.3 Å². The van der Waals surface area contributed by atoms with E-state index in [2.05, 4.69) is 20.6 Å². The molecule has 1 saturated heterocycles. The lowest BCUT2D eigenvalue weighted by Crippen LogP contribution is -2.37. The Labute approximate surface area is 173 Å². The van der Waals surface area contributed by atoms with Crippen molar-refractivity contribution in [2.45, 2.75) is 30.8 Å². The fourth-order valence-corrected chi connectivity index (χ4v) is 3.73. The maximum atomic E-state index is 12.6. The van der Waals surface area contributed by atoms with E-state index in [9.17, 15) is 4.79 Å². The lowest BCUT2D eigenvalue weighted by molar-refractivity contribution is 0.183. The van der Waals surface area contributed by atoms with Gasteiger partial charge < -0.3 is 14.8 Å². The third-order valence-corrected chi connectivity index (χ3v) is 5.57. The Morgan fingerprint density at radius 3 is 2.77 bits per heavy atom. The summed E-state index contributed by atoms with van der Waals surface area (Å²) in [6.45, 7) is 0.869. The molecule has 8 nitrogen and oxygen atoms in total. The zero-order chi connectivity index (χ0) is 20.5. The summed E-state index contributed by atoms with van der Waals surface area (Å²) < 4.78 is 12.5. The first-order valence-corrected chi connectivity index (χ1v) is 10.1. The van der Waals surface area contributed by atoms with Crippen molar-refractivity contribution in [2.75, 3.05) is 25.6 Å². The molecule has 1 aromatic carbocycles. The highest BCUT2D eigenvalue weighted by atomic mass is 16.5. The van der Waals surface area contributed by atoms with Crippen LogP contribution < -0.4 is 15.6 Å². The number of rotatable bonds is 6. The van der Waals surface area contributed by atoms with Crippen LogP contribution >= 0.6 is 0 Å². The van der Waals surface area contributed by atoms with Crippen LogP contribution in [0, 0.1) is 0 Å². The van der Waals surface area contributed by atoms with Crippen LogP contribution in [0.1, 0.15) is 30.5 Å². The van der Waals surface area contributed by atoms with Crippen molar-refractivity contribution < 1.29 is 9.47 Å². The number of anilines is 1. The number of nitrogens with zero attached hydrogens (tertiary/aromatic N) is 4. The molecule has 1 saturated carbocycles. The predicted molar refractivity (Wildman–Crippen MR) is 112 cm³/mol. The minimum absolute atomic E-state index is 0.128. The summed E-state index contributed by atoms with van der Waals surface area (Å²) in [7, 11) is 1.62. The van der Waals surface area contributed by atoms with Gasteiger partial charge in [0, 0.05) is 17.5 Å². The third kappa shape index (κ3) is 3.78. The lowest BCUT2D eigenvalue weighted by atomic mass is 10.1. The molecule has 0 radical (unpaired) electrons. The van der Waals surface area contributed by atoms with Crippen LogP contribution in [0.4, 0.5) is 5.82 Å². The molecule has 1 aliphatic carbocycles. The van der Waals surface area contributed by atoms with Gasteiger partial charge >= 0.3 is 0 Å². The molecular weight excluding hydrogens is 382 g/mol. The Morgan fingerprint density at radius 2 is 2.00 bits per heavy atom. The molecule has 2 unspecified atom stereocenters. The highest BCUT2D eigenvalue weighted by molar-refractivity contribution is 5.60. The van der Waals surface area contributed by atoms with Gasteiger partial charge in [-0.1, -0.05) is 12.1 Å². The van der Waals surface area contributed by atoms with Crippen LogP contribution in [0.3, 0.4) is 0 Å². The van der Waals surface area contributed by atoms with Crippen molar-refractivity contribution >= 4 is 5.82 Å². The quantitative estimate of drug-likeness (QED) is 0.674. The molecule has 2 atom stereocenters.